The monoisotopic (exact) mass is 495 g/mol. The van der Waals surface area contributed by atoms with E-state index in [0.29, 0.717) is 23.7 Å². The Bertz CT molecular complexity index is 1300. The molecule has 0 bridgehead atoms. The van der Waals surface area contributed by atoms with Gasteiger partial charge in [-0.15, -0.1) is 0 Å². The zero-order chi connectivity index (χ0) is 26.1. The maximum atomic E-state index is 5.35. The summed E-state index contributed by atoms with van der Waals surface area (Å²) in [6, 6.07) is 9.12. The number of rotatable bonds is 5. The number of nitrogens with zero attached hydrogens (tertiary/aromatic N) is 5. The third kappa shape index (κ3) is 3.31. The van der Waals surface area contributed by atoms with Gasteiger partial charge in [0.2, 0.25) is 0 Å². The molecule has 0 radical (unpaired) electrons. The molecule has 0 saturated heterocycles. The summed E-state index contributed by atoms with van der Waals surface area (Å²) in [4.78, 5) is 20.1. The van der Waals surface area contributed by atoms with E-state index < -0.39 is 0 Å². The summed E-state index contributed by atoms with van der Waals surface area (Å²) < 4.78 is 0. The van der Waals surface area contributed by atoms with E-state index in [1.54, 1.807) is 0 Å². The molecule has 0 spiro atoms. The minimum atomic E-state index is 0.248. The molecule has 2 aromatic heterocycles. The van der Waals surface area contributed by atoms with Gasteiger partial charge in [0.1, 0.15) is 11.9 Å². The third-order valence-corrected chi connectivity index (χ3v) is 9.78. The summed E-state index contributed by atoms with van der Waals surface area (Å²) in [5.41, 5.74) is 7.85. The van der Waals surface area contributed by atoms with Crippen molar-refractivity contribution in [3.8, 4) is 11.4 Å². The molecule has 1 fully saturated rings. The molecule has 3 aromatic rings. The first-order chi connectivity index (χ1) is 17.8. The second-order valence-corrected chi connectivity index (χ2v) is 12.1. The van der Waals surface area contributed by atoms with Crippen LogP contribution >= 0.6 is 0 Å². The lowest BCUT2D eigenvalue weighted by atomic mass is 9.52. The SMILES string of the molecule is CCC1c2ccccc2N2c3cnc(-c4c(C(C)C)cncc4C(C)C)nc3N(C)C2C2(CC)CCC12. The van der Waals surface area contributed by atoms with Crippen LogP contribution in [0.2, 0.25) is 0 Å². The molecule has 0 N–H and O–H groups in total. The fourth-order valence-corrected chi connectivity index (χ4v) is 7.84. The first-order valence-electron chi connectivity index (χ1n) is 14.3. The number of para-hydroxylation sites is 1. The second-order valence-electron chi connectivity index (χ2n) is 12.1. The predicted octanol–water partition coefficient (Wildman–Crippen LogP) is 8.01. The molecule has 1 saturated carbocycles. The Kier molecular flexibility index (Phi) is 5.81. The highest BCUT2D eigenvalue weighted by molar-refractivity contribution is 5.84. The van der Waals surface area contributed by atoms with Crippen molar-refractivity contribution >= 4 is 17.2 Å². The Morgan fingerprint density at radius 3 is 2.27 bits per heavy atom. The van der Waals surface area contributed by atoms with Crippen LogP contribution in [0.4, 0.5) is 17.2 Å². The van der Waals surface area contributed by atoms with Crippen molar-refractivity contribution in [3.63, 3.8) is 0 Å². The molecule has 2 aliphatic heterocycles. The molecule has 5 heteroatoms. The van der Waals surface area contributed by atoms with Gasteiger partial charge in [-0.1, -0.05) is 59.7 Å². The number of hydrogen-bond donors (Lipinski definition) is 0. The minimum absolute atomic E-state index is 0.248. The highest BCUT2D eigenvalue weighted by Crippen LogP contribution is 2.66. The van der Waals surface area contributed by atoms with Gasteiger partial charge in [0, 0.05) is 36.1 Å². The third-order valence-electron chi connectivity index (χ3n) is 9.78. The molecule has 1 aromatic carbocycles. The van der Waals surface area contributed by atoms with Crippen LogP contribution in [0, 0.1) is 11.3 Å². The number of benzene rings is 1. The lowest BCUT2D eigenvalue weighted by Gasteiger charge is -2.57. The largest absolute Gasteiger partial charge is 0.337 e. The molecule has 4 unspecified atom stereocenters. The van der Waals surface area contributed by atoms with E-state index in [1.165, 1.54) is 48.1 Å². The summed E-state index contributed by atoms with van der Waals surface area (Å²) in [6.45, 7) is 13.7. The molecule has 6 rings (SSSR count). The van der Waals surface area contributed by atoms with E-state index in [9.17, 15) is 0 Å². The van der Waals surface area contributed by atoms with E-state index in [2.05, 4.69) is 93.8 Å². The average Bonchev–Trinajstić information content (AvgIpc) is 3.14. The van der Waals surface area contributed by atoms with Crippen LogP contribution in [0.3, 0.4) is 0 Å². The Balaban J connectivity index is 1.57. The Labute approximate surface area is 222 Å². The summed E-state index contributed by atoms with van der Waals surface area (Å²) >= 11 is 0. The zero-order valence-electron chi connectivity index (χ0n) is 23.5. The fraction of sp³-hybridized carbons (Fsp3) is 0.531. The van der Waals surface area contributed by atoms with Gasteiger partial charge in [-0.3, -0.25) is 4.98 Å². The van der Waals surface area contributed by atoms with Gasteiger partial charge >= 0.3 is 0 Å². The topological polar surface area (TPSA) is 45.2 Å². The van der Waals surface area contributed by atoms with Gasteiger partial charge in [0.25, 0.3) is 0 Å². The van der Waals surface area contributed by atoms with Gasteiger partial charge in [0.05, 0.1) is 6.20 Å². The van der Waals surface area contributed by atoms with Crippen LogP contribution in [-0.2, 0) is 0 Å². The van der Waals surface area contributed by atoms with Crippen molar-refractivity contribution < 1.29 is 0 Å². The van der Waals surface area contributed by atoms with E-state index >= 15 is 0 Å². The molecular weight excluding hydrogens is 454 g/mol. The number of aromatic nitrogens is 3. The average molecular weight is 496 g/mol. The van der Waals surface area contributed by atoms with Crippen molar-refractivity contribution in [3.05, 3.63) is 59.5 Å². The van der Waals surface area contributed by atoms with Gasteiger partial charge in [-0.05, 0) is 72.1 Å². The van der Waals surface area contributed by atoms with Gasteiger partial charge in [-0.2, -0.15) is 0 Å². The van der Waals surface area contributed by atoms with Crippen molar-refractivity contribution in [2.75, 3.05) is 16.8 Å². The number of hydrogen-bond acceptors (Lipinski definition) is 5. The molecule has 4 heterocycles. The summed E-state index contributed by atoms with van der Waals surface area (Å²) in [6.07, 6.45) is 11.3. The van der Waals surface area contributed by atoms with Crippen molar-refractivity contribution in [1.82, 2.24) is 15.0 Å². The van der Waals surface area contributed by atoms with Gasteiger partial charge < -0.3 is 9.80 Å². The molecular formula is C32H41N5. The summed E-state index contributed by atoms with van der Waals surface area (Å²) in [5, 5.41) is 0. The smallest absolute Gasteiger partial charge is 0.162 e. The Hall–Kier alpha value is -2.95. The normalized spacial score (nSPS) is 25.9. The van der Waals surface area contributed by atoms with Gasteiger partial charge in [-0.25, -0.2) is 9.97 Å². The van der Waals surface area contributed by atoms with Crippen LogP contribution in [0.5, 0.6) is 0 Å². The quantitative estimate of drug-likeness (QED) is 0.359. The first kappa shape index (κ1) is 24.4. The van der Waals surface area contributed by atoms with Crippen LogP contribution in [0.25, 0.3) is 11.4 Å². The Morgan fingerprint density at radius 1 is 0.973 bits per heavy atom. The lowest BCUT2D eigenvalue weighted by molar-refractivity contribution is -0.0150. The van der Waals surface area contributed by atoms with E-state index in [1.807, 2.05) is 12.4 Å². The summed E-state index contributed by atoms with van der Waals surface area (Å²) in [5.74, 6) is 3.88. The molecule has 4 atom stereocenters. The number of pyridine rings is 1. The second kappa shape index (κ2) is 8.82. The lowest BCUT2D eigenvalue weighted by Crippen LogP contribution is -2.59. The summed E-state index contributed by atoms with van der Waals surface area (Å²) in [7, 11) is 2.27. The van der Waals surface area contributed by atoms with Crippen LogP contribution in [0.1, 0.15) is 102 Å². The van der Waals surface area contributed by atoms with Crippen LogP contribution in [-0.4, -0.2) is 28.2 Å². The highest BCUT2D eigenvalue weighted by atomic mass is 15.5. The molecule has 5 nitrogen and oxygen atoms in total. The van der Waals surface area contributed by atoms with E-state index in [0.717, 1.165) is 22.9 Å². The van der Waals surface area contributed by atoms with Crippen molar-refractivity contribution in [2.24, 2.45) is 11.3 Å². The van der Waals surface area contributed by atoms with Crippen molar-refractivity contribution in [2.45, 2.75) is 91.1 Å². The molecule has 3 aliphatic rings. The minimum Gasteiger partial charge on any atom is -0.337 e. The first-order valence-corrected chi connectivity index (χ1v) is 14.3. The number of anilines is 3. The van der Waals surface area contributed by atoms with E-state index in [-0.39, 0.29) is 11.6 Å². The van der Waals surface area contributed by atoms with Gasteiger partial charge in [0.15, 0.2) is 11.6 Å². The molecule has 0 amide bonds. The predicted molar refractivity (Wildman–Crippen MR) is 153 cm³/mol. The van der Waals surface area contributed by atoms with Crippen LogP contribution in [0.15, 0.2) is 42.9 Å². The Morgan fingerprint density at radius 2 is 1.68 bits per heavy atom. The van der Waals surface area contributed by atoms with Crippen molar-refractivity contribution in [1.29, 1.82) is 0 Å². The maximum Gasteiger partial charge on any atom is 0.162 e. The van der Waals surface area contributed by atoms with E-state index in [4.69, 9.17) is 9.97 Å². The maximum absolute atomic E-state index is 5.35. The standard InChI is InChI=1S/C32H41N5/c1-8-21-22-12-10-11-13-26(22)37-27-18-34-29(28-23(19(3)4)16-33-17-24(28)20(5)6)35-30(27)36(7)31(37)32(9-2)15-14-25(21)32/h10-13,16-21,25,31H,8-9,14-15H2,1-7H3. The highest BCUT2D eigenvalue weighted by Gasteiger charge is 2.61. The molecule has 1 aliphatic carbocycles. The zero-order valence-corrected chi connectivity index (χ0v) is 23.5. The van der Waals surface area contributed by atoms with Crippen LogP contribution < -0.4 is 9.80 Å². The fourth-order valence-electron chi connectivity index (χ4n) is 7.84. The molecule has 194 valence electrons. The number of fused-ring (bicyclic) bond motifs is 7. The molecule has 37 heavy (non-hydrogen) atoms.